The fraction of sp³-hybridized carbons (Fsp3) is 0.250. The second-order valence-electron chi connectivity index (χ2n) is 5.66. The monoisotopic (exact) mass is 384 g/mol. The molecule has 0 fully saturated rings. The molecule has 3 rings (SSSR count). The number of para-hydroxylation sites is 1. The van der Waals surface area contributed by atoms with Gasteiger partial charge in [0.2, 0.25) is 0 Å². The molecule has 1 amide bonds. The number of ether oxygens (including phenoxy) is 2. The highest BCUT2D eigenvalue weighted by atomic mass is 32.1. The van der Waals surface area contributed by atoms with E-state index < -0.39 is 11.9 Å². The minimum atomic E-state index is -0.560. The predicted octanol–water partition coefficient (Wildman–Crippen LogP) is 3.27. The SMILES string of the molecule is CCOCCn1c(=NC(=O)c2ccccc2C(=O)OC)sc2ccccc21. The highest BCUT2D eigenvalue weighted by Crippen LogP contribution is 2.17. The maximum absolute atomic E-state index is 12.8. The summed E-state index contributed by atoms with van der Waals surface area (Å²) in [5.74, 6) is -1.04. The van der Waals surface area contributed by atoms with E-state index in [4.69, 9.17) is 9.47 Å². The standard InChI is InChI=1S/C20H20N2O4S/c1-3-26-13-12-22-16-10-6-7-11-17(16)27-20(22)21-18(23)14-8-4-5-9-15(14)19(24)25-2/h4-11H,3,12-13H2,1-2H3. The zero-order chi connectivity index (χ0) is 19.2. The number of fused-ring (bicyclic) bond motifs is 1. The van der Waals surface area contributed by atoms with Gasteiger partial charge in [-0.25, -0.2) is 4.79 Å². The molecule has 0 radical (unpaired) electrons. The third kappa shape index (κ3) is 4.15. The van der Waals surface area contributed by atoms with Gasteiger partial charge >= 0.3 is 5.97 Å². The first-order chi connectivity index (χ1) is 13.2. The summed E-state index contributed by atoms with van der Waals surface area (Å²) in [6.45, 7) is 3.68. The number of rotatable bonds is 6. The summed E-state index contributed by atoms with van der Waals surface area (Å²) in [5, 5.41) is 0. The molecule has 3 aromatic rings. The molecule has 0 spiro atoms. The minimum Gasteiger partial charge on any atom is -0.465 e. The molecule has 1 aromatic heterocycles. The lowest BCUT2D eigenvalue weighted by atomic mass is 10.1. The van der Waals surface area contributed by atoms with Gasteiger partial charge in [-0.15, -0.1) is 0 Å². The number of benzene rings is 2. The van der Waals surface area contributed by atoms with Gasteiger partial charge in [-0.3, -0.25) is 4.79 Å². The lowest BCUT2D eigenvalue weighted by Gasteiger charge is -2.06. The zero-order valence-electron chi connectivity index (χ0n) is 15.2. The number of aromatic nitrogens is 1. The highest BCUT2D eigenvalue weighted by molar-refractivity contribution is 7.16. The Kier molecular flexibility index (Phi) is 6.16. The number of nitrogens with zero attached hydrogens (tertiary/aromatic N) is 2. The summed E-state index contributed by atoms with van der Waals surface area (Å²) in [5.41, 5.74) is 1.42. The van der Waals surface area contributed by atoms with Crippen LogP contribution in [-0.2, 0) is 16.0 Å². The summed E-state index contributed by atoms with van der Waals surface area (Å²) in [7, 11) is 1.29. The van der Waals surface area contributed by atoms with Gasteiger partial charge in [0.25, 0.3) is 5.91 Å². The van der Waals surface area contributed by atoms with Gasteiger partial charge in [0.15, 0.2) is 4.80 Å². The van der Waals surface area contributed by atoms with E-state index in [0.29, 0.717) is 24.6 Å². The van der Waals surface area contributed by atoms with Crippen LogP contribution in [0.1, 0.15) is 27.6 Å². The smallest absolute Gasteiger partial charge is 0.338 e. The molecular weight excluding hydrogens is 364 g/mol. The Bertz CT molecular complexity index is 1040. The number of amides is 1. The Hall–Kier alpha value is -2.77. The minimum absolute atomic E-state index is 0.204. The highest BCUT2D eigenvalue weighted by Gasteiger charge is 2.17. The molecule has 6 nitrogen and oxygen atoms in total. The molecule has 0 aliphatic carbocycles. The summed E-state index contributed by atoms with van der Waals surface area (Å²) >= 11 is 1.43. The summed E-state index contributed by atoms with van der Waals surface area (Å²) in [6, 6.07) is 14.4. The summed E-state index contributed by atoms with van der Waals surface area (Å²) in [4.78, 5) is 29.6. The molecule has 1 heterocycles. The van der Waals surface area contributed by atoms with E-state index in [0.717, 1.165) is 10.2 Å². The molecular formula is C20H20N2O4S. The Morgan fingerprint density at radius 1 is 1.07 bits per heavy atom. The van der Waals surface area contributed by atoms with Crippen molar-refractivity contribution in [2.24, 2.45) is 4.99 Å². The van der Waals surface area contributed by atoms with E-state index in [1.165, 1.54) is 18.4 Å². The number of carbonyl (C=O) groups excluding carboxylic acids is 2. The van der Waals surface area contributed by atoms with Crippen molar-refractivity contribution in [2.45, 2.75) is 13.5 Å². The average molecular weight is 384 g/mol. The molecule has 2 aromatic carbocycles. The summed E-state index contributed by atoms with van der Waals surface area (Å²) < 4.78 is 13.2. The molecule has 7 heteroatoms. The zero-order valence-corrected chi connectivity index (χ0v) is 16.0. The number of hydrogen-bond donors (Lipinski definition) is 0. The van der Waals surface area contributed by atoms with Gasteiger partial charge < -0.3 is 14.0 Å². The van der Waals surface area contributed by atoms with Crippen molar-refractivity contribution in [2.75, 3.05) is 20.3 Å². The second kappa shape index (κ2) is 8.75. The van der Waals surface area contributed by atoms with Gasteiger partial charge in [-0.1, -0.05) is 35.6 Å². The van der Waals surface area contributed by atoms with Crippen LogP contribution in [0.25, 0.3) is 10.2 Å². The van der Waals surface area contributed by atoms with Crippen LogP contribution in [0.3, 0.4) is 0 Å². The molecule has 0 N–H and O–H groups in total. The quantitative estimate of drug-likeness (QED) is 0.483. The predicted molar refractivity (Wildman–Crippen MR) is 104 cm³/mol. The Morgan fingerprint density at radius 3 is 2.52 bits per heavy atom. The first-order valence-corrected chi connectivity index (χ1v) is 9.40. The van der Waals surface area contributed by atoms with Gasteiger partial charge in [0.05, 0.1) is 35.1 Å². The molecule has 0 aliphatic rings. The molecule has 0 bridgehead atoms. The molecule has 0 saturated carbocycles. The van der Waals surface area contributed by atoms with E-state index in [1.807, 2.05) is 35.8 Å². The lowest BCUT2D eigenvalue weighted by Crippen LogP contribution is -2.20. The third-order valence-electron chi connectivity index (χ3n) is 4.01. The Morgan fingerprint density at radius 2 is 1.78 bits per heavy atom. The first-order valence-electron chi connectivity index (χ1n) is 8.58. The third-order valence-corrected chi connectivity index (χ3v) is 5.07. The number of methoxy groups -OCH3 is 1. The van der Waals surface area contributed by atoms with E-state index in [9.17, 15) is 9.59 Å². The molecule has 0 saturated heterocycles. The van der Waals surface area contributed by atoms with Crippen LogP contribution in [0.2, 0.25) is 0 Å². The molecule has 0 aliphatic heterocycles. The first kappa shape index (κ1) is 19.0. The molecule has 0 atom stereocenters. The number of carbonyl (C=O) groups is 2. The van der Waals surface area contributed by atoms with Gasteiger partial charge in [-0.2, -0.15) is 4.99 Å². The van der Waals surface area contributed by atoms with E-state index >= 15 is 0 Å². The Labute approximate surface area is 160 Å². The van der Waals surface area contributed by atoms with Crippen molar-refractivity contribution in [3.63, 3.8) is 0 Å². The topological polar surface area (TPSA) is 69.9 Å². The van der Waals surface area contributed by atoms with Crippen molar-refractivity contribution in [3.05, 3.63) is 64.5 Å². The molecule has 27 heavy (non-hydrogen) atoms. The average Bonchev–Trinajstić information content (AvgIpc) is 3.04. The van der Waals surface area contributed by atoms with Gasteiger partial charge in [0.1, 0.15) is 0 Å². The van der Waals surface area contributed by atoms with E-state index in [1.54, 1.807) is 24.3 Å². The Balaban J connectivity index is 2.07. The maximum atomic E-state index is 12.8. The number of esters is 1. The van der Waals surface area contributed by atoms with Crippen molar-refractivity contribution in [1.29, 1.82) is 0 Å². The van der Waals surface area contributed by atoms with Crippen LogP contribution in [0.15, 0.2) is 53.5 Å². The normalized spacial score (nSPS) is 11.7. The van der Waals surface area contributed by atoms with Crippen LogP contribution in [0.4, 0.5) is 0 Å². The second-order valence-corrected chi connectivity index (χ2v) is 6.66. The van der Waals surface area contributed by atoms with Gasteiger partial charge in [-0.05, 0) is 31.2 Å². The van der Waals surface area contributed by atoms with Crippen LogP contribution >= 0.6 is 11.3 Å². The molecule has 140 valence electrons. The van der Waals surface area contributed by atoms with Crippen molar-refractivity contribution >= 4 is 33.4 Å². The van der Waals surface area contributed by atoms with Crippen LogP contribution in [-0.4, -0.2) is 36.8 Å². The number of hydrogen-bond acceptors (Lipinski definition) is 5. The summed E-state index contributed by atoms with van der Waals surface area (Å²) in [6.07, 6.45) is 0. The largest absolute Gasteiger partial charge is 0.465 e. The van der Waals surface area contributed by atoms with Crippen molar-refractivity contribution < 1.29 is 19.1 Å². The van der Waals surface area contributed by atoms with Gasteiger partial charge in [0, 0.05) is 13.2 Å². The van der Waals surface area contributed by atoms with Crippen molar-refractivity contribution in [3.8, 4) is 0 Å². The fourth-order valence-electron chi connectivity index (χ4n) is 2.73. The molecule has 0 unspecified atom stereocenters. The van der Waals surface area contributed by atoms with Crippen LogP contribution < -0.4 is 4.80 Å². The van der Waals surface area contributed by atoms with Crippen molar-refractivity contribution in [1.82, 2.24) is 4.57 Å². The van der Waals surface area contributed by atoms with Crippen LogP contribution in [0, 0.1) is 0 Å². The van der Waals surface area contributed by atoms with E-state index in [-0.39, 0.29) is 11.1 Å². The van der Waals surface area contributed by atoms with Crippen LogP contribution in [0.5, 0.6) is 0 Å². The number of thiazole rings is 1. The fourth-order valence-corrected chi connectivity index (χ4v) is 3.78. The lowest BCUT2D eigenvalue weighted by molar-refractivity contribution is 0.0597. The maximum Gasteiger partial charge on any atom is 0.338 e. The van der Waals surface area contributed by atoms with E-state index in [2.05, 4.69) is 4.99 Å².